The van der Waals surface area contributed by atoms with Gasteiger partial charge in [-0.2, -0.15) is 5.26 Å². The zero-order valence-corrected chi connectivity index (χ0v) is 21.8. The predicted octanol–water partition coefficient (Wildman–Crippen LogP) is 8.62. The van der Waals surface area contributed by atoms with Gasteiger partial charge in [-0.3, -0.25) is 4.90 Å². The molecule has 1 aromatic heterocycles. The van der Waals surface area contributed by atoms with Crippen LogP contribution in [0.15, 0.2) is 60.7 Å². The average Bonchev–Trinajstić information content (AvgIpc) is 2.86. The van der Waals surface area contributed by atoms with Crippen LogP contribution in [0.25, 0.3) is 22.4 Å². The molecule has 0 saturated heterocycles. The van der Waals surface area contributed by atoms with Crippen molar-refractivity contribution in [1.82, 2.24) is 9.88 Å². The Kier molecular flexibility index (Phi) is 13.8. The van der Waals surface area contributed by atoms with E-state index in [1.807, 2.05) is 50.2 Å². The zero-order valence-electron chi connectivity index (χ0n) is 21.0. The van der Waals surface area contributed by atoms with Gasteiger partial charge in [-0.15, -0.1) is 0 Å². The van der Waals surface area contributed by atoms with Crippen LogP contribution in [0, 0.1) is 11.3 Å². The first-order chi connectivity index (χ1) is 16.1. The van der Waals surface area contributed by atoms with E-state index >= 15 is 0 Å². The Morgan fingerprint density at radius 2 is 1.52 bits per heavy atom. The Hall–Kier alpha value is -2.67. The van der Waals surface area contributed by atoms with Crippen molar-refractivity contribution in [3.05, 3.63) is 76.9 Å². The Morgan fingerprint density at radius 3 is 2.03 bits per heavy atom. The van der Waals surface area contributed by atoms with E-state index in [2.05, 4.69) is 67.9 Å². The number of nitrogens with zero attached hydrogens (tertiary/aromatic N) is 3. The van der Waals surface area contributed by atoms with Crippen molar-refractivity contribution in [2.75, 3.05) is 13.1 Å². The van der Waals surface area contributed by atoms with Crippen molar-refractivity contribution in [3.63, 3.8) is 0 Å². The van der Waals surface area contributed by atoms with Crippen LogP contribution in [0.2, 0.25) is 5.15 Å². The van der Waals surface area contributed by atoms with Crippen LogP contribution in [0.3, 0.4) is 0 Å². The van der Waals surface area contributed by atoms with E-state index in [0.29, 0.717) is 5.56 Å². The maximum absolute atomic E-state index is 9.36. The van der Waals surface area contributed by atoms with E-state index in [-0.39, 0.29) is 5.15 Å². The molecule has 0 fully saturated rings. The average molecular weight is 464 g/mol. The molecule has 3 aromatic rings. The first kappa shape index (κ1) is 28.4. The molecular formula is C29H38ClN3. The van der Waals surface area contributed by atoms with Gasteiger partial charge in [-0.05, 0) is 36.7 Å². The summed E-state index contributed by atoms with van der Waals surface area (Å²) in [5.74, 6) is 0. The third-order valence-corrected chi connectivity index (χ3v) is 5.09. The van der Waals surface area contributed by atoms with Crippen molar-refractivity contribution >= 4 is 11.6 Å². The number of halogens is 1. The molecule has 33 heavy (non-hydrogen) atoms. The van der Waals surface area contributed by atoms with Crippen molar-refractivity contribution in [2.45, 2.75) is 60.9 Å². The summed E-state index contributed by atoms with van der Waals surface area (Å²) in [5, 5.41) is 9.60. The second-order valence-electron chi connectivity index (χ2n) is 7.47. The molecule has 0 amide bonds. The van der Waals surface area contributed by atoms with Crippen molar-refractivity contribution in [1.29, 1.82) is 5.26 Å². The van der Waals surface area contributed by atoms with Gasteiger partial charge < -0.3 is 0 Å². The summed E-state index contributed by atoms with van der Waals surface area (Å²) in [4.78, 5) is 6.99. The normalized spacial score (nSPS) is 9.91. The Labute approximate surface area is 206 Å². The fourth-order valence-corrected chi connectivity index (χ4v) is 3.50. The second kappa shape index (κ2) is 16.0. The zero-order chi connectivity index (χ0) is 24.6. The molecule has 0 spiro atoms. The van der Waals surface area contributed by atoms with Gasteiger partial charge in [0, 0.05) is 17.7 Å². The number of hydrogen-bond acceptors (Lipinski definition) is 3. The van der Waals surface area contributed by atoms with Crippen molar-refractivity contribution in [3.8, 4) is 28.5 Å². The number of benzene rings is 2. The number of rotatable bonds is 7. The highest BCUT2D eigenvalue weighted by molar-refractivity contribution is 6.30. The van der Waals surface area contributed by atoms with E-state index in [1.54, 1.807) is 0 Å². The van der Waals surface area contributed by atoms with Crippen LogP contribution in [-0.4, -0.2) is 23.0 Å². The van der Waals surface area contributed by atoms with E-state index in [4.69, 9.17) is 11.6 Å². The Morgan fingerprint density at radius 1 is 0.909 bits per heavy atom. The highest BCUT2D eigenvalue weighted by Gasteiger charge is 2.14. The number of nitriles is 1. The van der Waals surface area contributed by atoms with E-state index in [1.165, 1.54) is 12.0 Å². The molecule has 0 aliphatic carbocycles. The SMILES string of the molecule is CC.CCC.CCCN(CC)Cc1ccc(-c2nc(Cl)c(C#N)cc2-c2ccccc2)cc1. The largest absolute Gasteiger partial charge is 0.299 e. The standard InChI is InChI=1S/C24H24ClN3.C3H8.C2H6/c1-3-14-28(4-2)17-18-10-12-20(13-11-18)23-22(19-8-6-5-7-9-19)15-21(16-26)24(25)27-23;1-3-2;1-2/h5-13,15H,3-4,14,17H2,1-2H3;3H2,1-2H3;1-2H3. The van der Waals surface area contributed by atoms with Crippen LogP contribution in [0.4, 0.5) is 0 Å². The number of pyridine rings is 1. The summed E-state index contributed by atoms with van der Waals surface area (Å²) in [6.45, 7) is 15.7. The van der Waals surface area contributed by atoms with Crippen LogP contribution in [0.5, 0.6) is 0 Å². The van der Waals surface area contributed by atoms with Gasteiger partial charge in [0.2, 0.25) is 0 Å². The first-order valence-corrected chi connectivity index (χ1v) is 12.4. The van der Waals surface area contributed by atoms with Gasteiger partial charge in [-0.1, -0.05) is 114 Å². The fraction of sp³-hybridized carbons (Fsp3) is 0.379. The molecule has 176 valence electrons. The molecule has 0 unspecified atom stereocenters. The quantitative estimate of drug-likeness (QED) is 0.329. The predicted molar refractivity (Wildman–Crippen MR) is 143 cm³/mol. The third-order valence-electron chi connectivity index (χ3n) is 4.80. The van der Waals surface area contributed by atoms with Crippen LogP contribution in [0.1, 0.15) is 65.5 Å². The van der Waals surface area contributed by atoms with Crippen molar-refractivity contribution in [2.24, 2.45) is 0 Å². The Bertz CT molecular complexity index is 976. The van der Waals surface area contributed by atoms with E-state index in [9.17, 15) is 5.26 Å². The molecule has 3 nitrogen and oxygen atoms in total. The maximum Gasteiger partial charge on any atom is 0.147 e. The number of aromatic nitrogens is 1. The van der Waals surface area contributed by atoms with E-state index in [0.717, 1.165) is 48.4 Å². The van der Waals surface area contributed by atoms with Gasteiger partial charge in [0.1, 0.15) is 11.2 Å². The summed E-state index contributed by atoms with van der Waals surface area (Å²) >= 11 is 6.25. The van der Waals surface area contributed by atoms with Gasteiger partial charge in [0.15, 0.2) is 0 Å². The lowest BCUT2D eigenvalue weighted by Gasteiger charge is -2.19. The summed E-state index contributed by atoms with van der Waals surface area (Å²) in [5.41, 5.74) is 5.38. The number of hydrogen-bond donors (Lipinski definition) is 0. The molecule has 2 aromatic carbocycles. The van der Waals surface area contributed by atoms with Gasteiger partial charge >= 0.3 is 0 Å². The molecule has 0 radical (unpaired) electrons. The first-order valence-electron chi connectivity index (χ1n) is 12.0. The topological polar surface area (TPSA) is 39.9 Å². The van der Waals surface area contributed by atoms with E-state index < -0.39 is 0 Å². The minimum atomic E-state index is 0.237. The van der Waals surface area contributed by atoms with Crippen LogP contribution < -0.4 is 0 Å². The molecule has 0 saturated carbocycles. The monoisotopic (exact) mass is 463 g/mol. The van der Waals surface area contributed by atoms with Gasteiger partial charge in [-0.25, -0.2) is 4.98 Å². The summed E-state index contributed by atoms with van der Waals surface area (Å²) in [7, 11) is 0. The molecule has 1 heterocycles. The highest BCUT2D eigenvalue weighted by Crippen LogP contribution is 2.33. The molecule has 0 N–H and O–H groups in total. The molecule has 4 heteroatoms. The molecule has 0 aliphatic rings. The maximum atomic E-state index is 9.36. The lowest BCUT2D eigenvalue weighted by atomic mass is 9.97. The smallest absolute Gasteiger partial charge is 0.147 e. The minimum absolute atomic E-state index is 0.237. The molecule has 0 aliphatic heterocycles. The summed E-state index contributed by atoms with van der Waals surface area (Å²) in [6.07, 6.45) is 2.40. The molecule has 3 rings (SSSR count). The van der Waals surface area contributed by atoms with Crippen LogP contribution in [-0.2, 0) is 6.54 Å². The summed E-state index contributed by atoms with van der Waals surface area (Å²) in [6, 6.07) is 22.4. The van der Waals surface area contributed by atoms with Gasteiger partial charge in [0.05, 0.1) is 11.3 Å². The fourth-order valence-electron chi connectivity index (χ4n) is 3.32. The highest BCUT2D eigenvalue weighted by atomic mass is 35.5. The van der Waals surface area contributed by atoms with Gasteiger partial charge in [0.25, 0.3) is 0 Å². The van der Waals surface area contributed by atoms with Crippen LogP contribution >= 0.6 is 11.6 Å². The lowest BCUT2D eigenvalue weighted by molar-refractivity contribution is 0.280. The van der Waals surface area contributed by atoms with Crippen molar-refractivity contribution < 1.29 is 0 Å². The molecule has 0 bridgehead atoms. The molecular weight excluding hydrogens is 426 g/mol. The third kappa shape index (κ3) is 8.65. The molecule has 0 atom stereocenters. The Balaban J connectivity index is 0.00000101. The lowest BCUT2D eigenvalue weighted by Crippen LogP contribution is -2.23. The second-order valence-corrected chi connectivity index (χ2v) is 7.83. The minimum Gasteiger partial charge on any atom is -0.299 e. The summed E-state index contributed by atoms with van der Waals surface area (Å²) < 4.78 is 0.